The average molecular weight is 188 g/mol. The molecule has 0 atom stereocenters. The van der Waals surface area contributed by atoms with E-state index in [0.29, 0.717) is 5.02 Å². The van der Waals surface area contributed by atoms with E-state index in [0.717, 1.165) is 26.1 Å². The van der Waals surface area contributed by atoms with Crippen LogP contribution in [0, 0.1) is 0 Å². The van der Waals surface area contributed by atoms with Crippen molar-refractivity contribution < 1.29 is 0 Å². The summed E-state index contributed by atoms with van der Waals surface area (Å²) < 4.78 is 1.86. The summed E-state index contributed by atoms with van der Waals surface area (Å²) in [5.41, 5.74) is 0. The first-order chi connectivity index (χ1) is 5.83. The normalized spacial score (nSPS) is 10.5. The monoisotopic (exact) mass is 187 g/mol. The molecule has 1 N–H and O–H groups in total. The van der Waals surface area contributed by atoms with Gasteiger partial charge in [-0.05, 0) is 19.5 Å². The number of hydrogen-bond acceptors (Lipinski definition) is 2. The van der Waals surface area contributed by atoms with Crippen molar-refractivity contribution in [1.29, 1.82) is 0 Å². The van der Waals surface area contributed by atoms with Gasteiger partial charge in [0.1, 0.15) is 0 Å². The fourth-order valence-corrected chi connectivity index (χ4v) is 1.16. The second kappa shape index (κ2) is 5.17. The fourth-order valence-electron chi connectivity index (χ4n) is 1.00. The Bertz CT molecular complexity index is 222. The van der Waals surface area contributed by atoms with Gasteiger partial charge in [0.15, 0.2) is 0 Å². The third-order valence-corrected chi connectivity index (χ3v) is 1.79. The second-order valence-electron chi connectivity index (χ2n) is 2.63. The maximum Gasteiger partial charge on any atom is 0.0785 e. The Balaban J connectivity index is 2.15. The minimum atomic E-state index is 0.707. The molecule has 68 valence electrons. The molecule has 1 heterocycles. The number of aromatic nitrogens is 2. The van der Waals surface area contributed by atoms with Crippen molar-refractivity contribution in [1.82, 2.24) is 15.1 Å². The van der Waals surface area contributed by atoms with Gasteiger partial charge in [-0.15, -0.1) is 0 Å². The first-order valence-corrected chi connectivity index (χ1v) is 4.59. The van der Waals surface area contributed by atoms with Crippen LogP contribution >= 0.6 is 11.6 Å². The minimum Gasteiger partial charge on any atom is -0.317 e. The Morgan fingerprint density at radius 3 is 3.08 bits per heavy atom. The zero-order chi connectivity index (χ0) is 8.81. The van der Waals surface area contributed by atoms with Crippen molar-refractivity contribution >= 4 is 11.6 Å². The van der Waals surface area contributed by atoms with Gasteiger partial charge in [-0.1, -0.05) is 18.5 Å². The van der Waals surface area contributed by atoms with Crippen molar-refractivity contribution in [2.24, 2.45) is 0 Å². The third kappa shape index (κ3) is 3.24. The van der Waals surface area contributed by atoms with Crippen LogP contribution in [0.3, 0.4) is 0 Å². The van der Waals surface area contributed by atoms with Gasteiger partial charge in [-0.2, -0.15) is 5.10 Å². The molecule has 1 rings (SSSR count). The second-order valence-corrected chi connectivity index (χ2v) is 3.07. The van der Waals surface area contributed by atoms with Crippen LogP contribution in [0.2, 0.25) is 5.02 Å². The molecule has 12 heavy (non-hydrogen) atoms. The number of halogens is 1. The molecule has 0 spiro atoms. The number of aryl methyl sites for hydroxylation is 1. The molecule has 0 radical (unpaired) electrons. The summed E-state index contributed by atoms with van der Waals surface area (Å²) in [6.07, 6.45) is 4.59. The van der Waals surface area contributed by atoms with Crippen molar-refractivity contribution in [3.05, 3.63) is 17.4 Å². The molecule has 0 saturated carbocycles. The van der Waals surface area contributed by atoms with Crippen LogP contribution in [0.25, 0.3) is 0 Å². The molecule has 0 bridgehead atoms. The zero-order valence-electron chi connectivity index (χ0n) is 7.26. The number of rotatable bonds is 5. The summed E-state index contributed by atoms with van der Waals surface area (Å²) >= 11 is 5.70. The van der Waals surface area contributed by atoms with Gasteiger partial charge in [0, 0.05) is 12.7 Å². The van der Waals surface area contributed by atoms with Gasteiger partial charge in [0.05, 0.1) is 11.2 Å². The molecule has 0 unspecified atom stereocenters. The first kappa shape index (κ1) is 9.55. The highest BCUT2D eigenvalue weighted by molar-refractivity contribution is 6.30. The summed E-state index contributed by atoms with van der Waals surface area (Å²) in [6, 6.07) is 0. The molecule has 1 aromatic rings. The number of nitrogens with zero attached hydrogens (tertiary/aromatic N) is 2. The van der Waals surface area contributed by atoms with Crippen LogP contribution in [-0.2, 0) is 6.54 Å². The molecule has 0 aliphatic heterocycles. The molecular weight excluding hydrogens is 174 g/mol. The van der Waals surface area contributed by atoms with Crippen molar-refractivity contribution in [3.8, 4) is 0 Å². The third-order valence-electron chi connectivity index (χ3n) is 1.59. The summed E-state index contributed by atoms with van der Waals surface area (Å²) in [6.45, 7) is 5.10. The van der Waals surface area contributed by atoms with Gasteiger partial charge in [-0.3, -0.25) is 4.68 Å². The largest absolute Gasteiger partial charge is 0.317 e. The Morgan fingerprint density at radius 2 is 2.50 bits per heavy atom. The molecule has 0 aliphatic rings. The van der Waals surface area contributed by atoms with Gasteiger partial charge in [0.25, 0.3) is 0 Å². The lowest BCUT2D eigenvalue weighted by atomic mass is 10.4. The molecule has 0 amide bonds. The minimum absolute atomic E-state index is 0.707. The molecule has 0 aromatic carbocycles. The Hall–Kier alpha value is -0.540. The molecule has 1 aromatic heterocycles. The van der Waals surface area contributed by atoms with Gasteiger partial charge in [-0.25, -0.2) is 0 Å². The summed E-state index contributed by atoms with van der Waals surface area (Å²) in [4.78, 5) is 0. The van der Waals surface area contributed by atoms with Crippen LogP contribution < -0.4 is 5.32 Å². The van der Waals surface area contributed by atoms with Crippen molar-refractivity contribution in [2.45, 2.75) is 19.9 Å². The Kier molecular flexibility index (Phi) is 4.11. The quantitative estimate of drug-likeness (QED) is 0.709. The maximum atomic E-state index is 5.70. The van der Waals surface area contributed by atoms with Crippen LogP contribution in [0.5, 0.6) is 0 Å². The summed E-state index contributed by atoms with van der Waals surface area (Å²) in [7, 11) is 0. The first-order valence-electron chi connectivity index (χ1n) is 4.21. The molecule has 0 saturated heterocycles. The van der Waals surface area contributed by atoms with Crippen LogP contribution in [-0.4, -0.2) is 22.9 Å². The van der Waals surface area contributed by atoms with E-state index in [4.69, 9.17) is 11.6 Å². The van der Waals surface area contributed by atoms with Gasteiger partial charge >= 0.3 is 0 Å². The Labute approximate surface area is 77.7 Å². The van der Waals surface area contributed by atoms with E-state index in [1.54, 1.807) is 6.20 Å². The highest BCUT2D eigenvalue weighted by Crippen LogP contribution is 2.04. The molecule has 0 fully saturated rings. The number of nitrogens with one attached hydrogen (secondary N) is 1. The highest BCUT2D eigenvalue weighted by Gasteiger charge is 1.93. The van der Waals surface area contributed by atoms with Crippen LogP contribution in [0.1, 0.15) is 13.3 Å². The summed E-state index contributed by atoms with van der Waals surface area (Å²) in [5.74, 6) is 0. The van der Waals surface area contributed by atoms with E-state index in [-0.39, 0.29) is 0 Å². The maximum absolute atomic E-state index is 5.70. The van der Waals surface area contributed by atoms with E-state index in [1.165, 1.54) is 0 Å². The van der Waals surface area contributed by atoms with E-state index in [2.05, 4.69) is 17.3 Å². The fraction of sp³-hybridized carbons (Fsp3) is 0.625. The van der Waals surface area contributed by atoms with E-state index in [1.807, 2.05) is 10.9 Å². The van der Waals surface area contributed by atoms with E-state index in [9.17, 15) is 0 Å². The highest BCUT2D eigenvalue weighted by atomic mass is 35.5. The molecule has 3 nitrogen and oxygen atoms in total. The summed E-state index contributed by atoms with van der Waals surface area (Å²) in [5, 5.41) is 8.03. The lowest BCUT2D eigenvalue weighted by molar-refractivity contribution is 0.550. The molecule has 4 heteroatoms. The lowest BCUT2D eigenvalue weighted by Gasteiger charge is -2.01. The predicted octanol–water partition coefficient (Wildman–Crippen LogP) is 1.54. The molecular formula is C8H14ClN3. The topological polar surface area (TPSA) is 29.9 Å². The Morgan fingerprint density at radius 1 is 1.67 bits per heavy atom. The van der Waals surface area contributed by atoms with Gasteiger partial charge in [0.2, 0.25) is 0 Å². The zero-order valence-corrected chi connectivity index (χ0v) is 8.01. The smallest absolute Gasteiger partial charge is 0.0785 e. The van der Waals surface area contributed by atoms with E-state index >= 15 is 0 Å². The SMILES string of the molecule is CCNCCCn1cc(Cl)cn1. The van der Waals surface area contributed by atoms with Crippen molar-refractivity contribution in [3.63, 3.8) is 0 Å². The predicted molar refractivity (Wildman–Crippen MR) is 50.4 cm³/mol. The standard InChI is InChI=1S/C8H14ClN3/c1-2-10-4-3-5-12-7-8(9)6-11-12/h6-7,10H,2-5H2,1H3. The number of hydrogen-bond donors (Lipinski definition) is 1. The molecule has 0 aliphatic carbocycles. The van der Waals surface area contributed by atoms with E-state index < -0.39 is 0 Å². The van der Waals surface area contributed by atoms with Crippen LogP contribution in [0.15, 0.2) is 12.4 Å². The average Bonchev–Trinajstić information content (AvgIpc) is 2.45. The van der Waals surface area contributed by atoms with Crippen LogP contribution in [0.4, 0.5) is 0 Å². The lowest BCUT2D eigenvalue weighted by Crippen LogP contribution is -2.16. The van der Waals surface area contributed by atoms with Crippen molar-refractivity contribution in [2.75, 3.05) is 13.1 Å². The van der Waals surface area contributed by atoms with Gasteiger partial charge < -0.3 is 5.32 Å².